The fraction of sp³-hybridized carbons (Fsp3) is 0.316. The van der Waals surface area contributed by atoms with Gasteiger partial charge in [0.1, 0.15) is 5.82 Å². The van der Waals surface area contributed by atoms with E-state index in [-0.39, 0.29) is 18.0 Å². The summed E-state index contributed by atoms with van der Waals surface area (Å²) in [4.78, 5) is 14.4. The van der Waals surface area contributed by atoms with E-state index in [2.05, 4.69) is 10.2 Å². The molecule has 0 saturated carbocycles. The number of hydrogen-bond donors (Lipinski definition) is 1. The summed E-state index contributed by atoms with van der Waals surface area (Å²) in [7, 11) is 0. The average molecular weight is 312 g/mol. The van der Waals surface area contributed by atoms with Crippen molar-refractivity contribution in [3.63, 3.8) is 0 Å². The Morgan fingerprint density at radius 1 is 1.04 bits per heavy atom. The third-order valence-electron chi connectivity index (χ3n) is 4.15. The summed E-state index contributed by atoms with van der Waals surface area (Å²) in [5, 5.41) is 2.70. The monoisotopic (exact) mass is 312 g/mol. The van der Waals surface area contributed by atoms with Crippen LogP contribution in [0.15, 0.2) is 48.5 Å². The number of nitrogens with one attached hydrogen (secondary N) is 1. The van der Waals surface area contributed by atoms with Crippen molar-refractivity contribution in [3.8, 4) is 0 Å². The molecule has 1 fully saturated rings. The molecule has 1 N–H and O–H groups in total. The molecule has 0 aliphatic carbocycles. The van der Waals surface area contributed by atoms with E-state index in [4.69, 9.17) is 0 Å². The standard InChI is InChI=1S/C19H21FN2O/c20-17-10-9-16(22-11-5-2-6-12-22)14-18(17)21-19(23)13-15-7-3-1-4-8-15/h1,3-4,7-10,14H,2,5-6,11-13H2,(H,21,23). The quantitative estimate of drug-likeness (QED) is 0.925. The van der Waals surface area contributed by atoms with E-state index in [0.717, 1.165) is 37.2 Å². The van der Waals surface area contributed by atoms with Crippen molar-refractivity contribution in [1.82, 2.24) is 0 Å². The number of anilines is 2. The summed E-state index contributed by atoms with van der Waals surface area (Å²) < 4.78 is 14.0. The van der Waals surface area contributed by atoms with Gasteiger partial charge in [0.05, 0.1) is 12.1 Å². The van der Waals surface area contributed by atoms with Crippen molar-refractivity contribution in [2.75, 3.05) is 23.3 Å². The molecule has 0 atom stereocenters. The summed E-state index contributed by atoms with van der Waals surface area (Å²) in [6.45, 7) is 1.98. The Hall–Kier alpha value is -2.36. The lowest BCUT2D eigenvalue weighted by Crippen LogP contribution is -2.29. The van der Waals surface area contributed by atoms with Crippen LogP contribution < -0.4 is 10.2 Å². The molecule has 3 nitrogen and oxygen atoms in total. The van der Waals surface area contributed by atoms with E-state index in [0.29, 0.717) is 0 Å². The van der Waals surface area contributed by atoms with Crippen molar-refractivity contribution >= 4 is 17.3 Å². The Kier molecular flexibility index (Phi) is 4.91. The number of benzene rings is 2. The SMILES string of the molecule is O=C(Cc1ccccc1)Nc1cc(N2CCCCC2)ccc1F. The van der Waals surface area contributed by atoms with Gasteiger partial charge < -0.3 is 10.2 Å². The molecule has 1 aliphatic rings. The van der Waals surface area contributed by atoms with E-state index in [1.54, 1.807) is 12.1 Å². The van der Waals surface area contributed by atoms with Crippen molar-refractivity contribution in [3.05, 3.63) is 59.9 Å². The first-order valence-corrected chi connectivity index (χ1v) is 8.10. The van der Waals surface area contributed by atoms with E-state index in [1.165, 1.54) is 12.5 Å². The Morgan fingerprint density at radius 3 is 2.52 bits per heavy atom. The first kappa shape index (κ1) is 15.5. The molecule has 23 heavy (non-hydrogen) atoms. The summed E-state index contributed by atoms with van der Waals surface area (Å²) in [5.41, 5.74) is 2.15. The van der Waals surface area contributed by atoms with Crippen molar-refractivity contribution in [1.29, 1.82) is 0 Å². The first-order valence-electron chi connectivity index (χ1n) is 8.10. The van der Waals surface area contributed by atoms with Crippen LogP contribution in [0.5, 0.6) is 0 Å². The highest BCUT2D eigenvalue weighted by molar-refractivity contribution is 5.92. The summed E-state index contributed by atoms with van der Waals surface area (Å²) in [5.74, 6) is -0.599. The van der Waals surface area contributed by atoms with Gasteiger partial charge in [0.2, 0.25) is 5.91 Å². The number of piperidine rings is 1. The molecule has 0 bridgehead atoms. The van der Waals surface area contributed by atoms with Crippen molar-refractivity contribution in [2.24, 2.45) is 0 Å². The normalized spacial score (nSPS) is 14.6. The number of amides is 1. The maximum Gasteiger partial charge on any atom is 0.228 e. The van der Waals surface area contributed by atoms with Gasteiger partial charge in [-0.25, -0.2) is 4.39 Å². The Morgan fingerprint density at radius 2 is 1.78 bits per heavy atom. The first-order chi connectivity index (χ1) is 11.2. The van der Waals surface area contributed by atoms with Crippen LogP contribution >= 0.6 is 0 Å². The number of nitrogens with zero attached hydrogens (tertiary/aromatic N) is 1. The van der Waals surface area contributed by atoms with E-state index in [1.807, 2.05) is 30.3 Å². The molecular weight excluding hydrogens is 291 g/mol. The molecule has 0 unspecified atom stereocenters. The smallest absolute Gasteiger partial charge is 0.228 e. The van der Waals surface area contributed by atoms with Gasteiger partial charge in [-0.2, -0.15) is 0 Å². The van der Waals surface area contributed by atoms with Crippen LogP contribution in [0.4, 0.5) is 15.8 Å². The number of carbonyl (C=O) groups excluding carboxylic acids is 1. The molecule has 0 spiro atoms. The van der Waals surface area contributed by atoms with Crippen molar-refractivity contribution < 1.29 is 9.18 Å². The Bertz CT molecular complexity index is 666. The largest absolute Gasteiger partial charge is 0.371 e. The van der Waals surface area contributed by atoms with Crippen LogP contribution in [-0.4, -0.2) is 19.0 Å². The fourth-order valence-corrected chi connectivity index (χ4v) is 2.93. The minimum atomic E-state index is -0.396. The second kappa shape index (κ2) is 7.27. The topological polar surface area (TPSA) is 32.3 Å². The molecule has 0 aromatic heterocycles. The highest BCUT2D eigenvalue weighted by Crippen LogP contribution is 2.25. The van der Waals surface area contributed by atoms with Gasteiger partial charge in [-0.3, -0.25) is 4.79 Å². The lowest BCUT2D eigenvalue weighted by atomic mass is 10.1. The van der Waals surface area contributed by atoms with Gasteiger partial charge in [-0.1, -0.05) is 30.3 Å². The van der Waals surface area contributed by atoms with Gasteiger partial charge in [0, 0.05) is 18.8 Å². The highest BCUT2D eigenvalue weighted by atomic mass is 19.1. The van der Waals surface area contributed by atoms with Crippen LogP contribution in [-0.2, 0) is 11.2 Å². The van der Waals surface area contributed by atoms with Crippen LogP contribution in [0.3, 0.4) is 0 Å². The maximum atomic E-state index is 14.0. The lowest BCUT2D eigenvalue weighted by Gasteiger charge is -2.29. The predicted molar refractivity (Wildman–Crippen MR) is 91.2 cm³/mol. The van der Waals surface area contributed by atoms with Crippen LogP contribution in [0, 0.1) is 5.82 Å². The fourth-order valence-electron chi connectivity index (χ4n) is 2.93. The van der Waals surface area contributed by atoms with Crippen LogP contribution in [0.1, 0.15) is 24.8 Å². The van der Waals surface area contributed by atoms with Crippen LogP contribution in [0.25, 0.3) is 0 Å². The molecule has 1 aliphatic heterocycles. The molecule has 120 valence electrons. The highest BCUT2D eigenvalue weighted by Gasteiger charge is 2.14. The third-order valence-corrected chi connectivity index (χ3v) is 4.15. The second-order valence-electron chi connectivity index (χ2n) is 5.92. The van der Waals surface area contributed by atoms with Crippen molar-refractivity contribution in [2.45, 2.75) is 25.7 Å². The maximum absolute atomic E-state index is 14.0. The van der Waals surface area contributed by atoms with Gasteiger partial charge in [-0.15, -0.1) is 0 Å². The van der Waals surface area contributed by atoms with E-state index >= 15 is 0 Å². The molecule has 1 saturated heterocycles. The molecule has 2 aromatic carbocycles. The van der Waals surface area contributed by atoms with Gasteiger partial charge in [0.15, 0.2) is 0 Å². The number of hydrogen-bond acceptors (Lipinski definition) is 2. The molecule has 1 heterocycles. The molecule has 1 amide bonds. The minimum Gasteiger partial charge on any atom is -0.371 e. The number of rotatable bonds is 4. The number of halogens is 1. The summed E-state index contributed by atoms with van der Waals surface area (Å²) in [6, 6.07) is 14.4. The minimum absolute atomic E-state index is 0.203. The van der Waals surface area contributed by atoms with Gasteiger partial charge in [0.25, 0.3) is 0 Å². The molecule has 2 aromatic rings. The van der Waals surface area contributed by atoms with Gasteiger partial charge in [-0.05, 0) is 43.0 Å². The lowest BCUT2D eigenvalue weighted by molar-refractivity contribution is -0.115. The molecule has 4 heteroatoms. The molecule has 3 rings (SSSR count). The third kappa shape index (κ3) is 4.09. The van der Waals surface area contributed by atoms with Gasteiger partial charge >= 0.3 is 0 Å². The molecule has 0 radical (unpaired) electrons. The van der Waals surface area contributed by atoms with E-state index < -0.39 is 5.82 Å². The summed E-state index contributed by atoms with van der Waals surface area (Å²) >= 11 is 0. The zero-order valence-electron chi connectivity index (χ0n) is 13.1. The van der Waals surface area contributed by atoms with E-state index in [9.17, 15) is 9.18 Å². The Balaban J connectivity index is 1.70. The zero-order chi connectivity index (χ0) is 16.1. The molecular formula is C19H21FN2O. The van der Waals surface area contributed by atoms with Crippen LogP contribution in [0.2, 0.25) is 0 Å². The average Bonchev–Trinajstić information content (AvgIpc) is 2.58. The summed E-state index contributed by atoms with van der Waals surface area (Å²) in [6.07, 6.45) is 3.81. The second-order valence-corrected chi connectivity index (χ2v) is 5.92. The zero-order valence-corrected chi connectivity index (χ0v) is 13.1. The Labute approximate surface area is 136 Å². The number of carbonyl (C=O) groups is 1. The predicted octanol–water partition coefficient (Wildman–Crippen LogP) is 4.00.